The summed E-state index contributed by atoms with van der Waals surface area (Å²) in [6.45, 7) is 0.398. The predicted octanol–water partition coefficient (Wildman–Crippen LogP) is 1.21. The van der Waals surface area contributed by atoms with Gasteiger partial charge in [0, 0.05) is 30.5 Å². The van der Waals surface area contributed by atoms with Crippen molar-refractivity contribution in [2.45, 2.75) is 4.90 Å². The molecule has 1 amide bonds. The number of ether oxygens (including phenoxy) is 1. The molecule has 29 heavy (non-hydrogen) atoms. The highest BCUT2D eigenvalue weighted by atomic mass is 32.2. The standard InChI is InChI=1S/C18H18N4O6S/c1-27-10-9-19-29(25,26)15-7-5-12(6-8-15)17(23)20-14-4-2-3-13(11-14)16-21-18(24)28-22-16/h2-8,11,19H,9-10H2,1H3,(H,20,23)(H,21,22,24). The summed E-state index contributed by atoms with van der Waals surface area (Å²) >= 11 is 0. The normalized spacial score (nSPS) is 11.3. The molecule has 2 aromatic carbocycles. The Morgan fingerprint density at radius 1 is 1.21 bits per heavy atom. The lowest BCUT2D eigenvalue weighted by atomic mass is 10.1. The van der Waals surface area contributed by atoms with Crippen molar-refractivity contribution in [1.29, 1.82) is 0 Å². The highest BCUT2D eigenvalue weighted by Gasteiger charge is 2.15. The molecule has 0 atom stereocenters. The van der Waals surface area contributed by atoms with Crippen LogP contribution in [0, 0.1) is 0 Å². The summed E-state index contributed by atoms with van der Waals surface area (Å²) in [4.78, 5) is 26.0. The van der Waals surface area contributed by atoms with Crippen LogP contribution in [0.3, 0.4) is 0 Å². The maximum Gasteiger partial charge on any atom is 0.439 e. The molecule has 3 N–H and O–H groups in total. The Labute approximate surface area is 165 Å². The van der Waals surface area contributed by atoms with Gasteiger partial charge in [-0.2, -0.15) is 0 Å². The van der Waals surface area contributed by atoms with Crippen molar-refractivity contribution in [3.8, 4) is 11.4 Å². The third-order valence-corrected chi connectivity index (χ3v) is 5.34. The summed E-state index contributed by atoms with van der Waals surface area (Å²) in [5, 5.41) is 6.30. The van der Waals surface area contributed by atoms with Crippen molar-refractivity contribution < 1.29 is 22.5 Å². The van der Waals surface area contributed by atoms with Crippen molar-refractivity contribution in [2.24, 2.45) is 0 Å². The van der Waals surface area contributed by atoms with Gasteiger partial charge in [0.25, 0.3) is 5.91 Å². The van der Waals surface area contributed by atoms with Crippen molar-refractivity contribution >= 4 is 21.6 Å². The molecular weight excluding hydrogens is 400 g/mol. The number of H-pyrrole nitrogens is 1. The molecule has 3 aromatic rings. The van der Waals surface area contributed by atoms with Crippen LogP contribution >= 0.6 is 0 Å². The second kappa shape index (κ2) is 8.82. The van der Waals surface area contributed by atoms with E-state index in [4.69, 9.17) is 4.74 Å². The number of aromatic nitrogens is 2. The van der Waals surface area contributed by atoms with Gasteiger partial charge in [0.1, 0.15) is 0 Å². The Morgan fingerprint density at radius 2 is 1.97 bits per heavy atom. The van der Waals surface area contributed by atoms with Gasteiger partial charge in [0.05, 0.1) is 11.5 Å². The summed E-state index contributed by atoms with van der Waals surface area (Å²) in [5.41, 5.74) is 1.30. The maximum atomic E-state index is 12.5. The van der Waals surface area contributed by atoms with Crippen molar-refractivity contribution in [3.63, 3.8) is 0 Å². The number of nitrogens with one attached hydrogen (secondary N) is 3. The molecule has 0 saturated heterocycles. The Kier molecular flexibility index (Phi) is 6.22. The van der Waals surface area contributed by atoms with Gasteiger partial charge in [0.2, 0.25) is 10.0 Å². The number of sulfonamides is 1. The van der Waals surface area contributed by atoms with Gasteiger partial charge >= 0.3 is 5.76 Å². The first kappa shape index (κ1) is 20.5. The van der Waals surface area contributed by atoms with E-state index in [-0.39, 0.29) is 29.4 Å². The number of hydrogen-bond donors (Lipinski definition) is 3. The van der Waals surface area contributed by atoms with Gasteiger partial charge in [0.15, 0.2) is 5.82 Å². The van der Waals surface area contributed by atoms with Crippen LogP contribution in [-0.2, 0) is 14.8 Å². The van der Waals surface area contributed by atoms with E-state index >= 15 is 0 Å². The fourth-order valence-electron chi connectivity index (χ4n) is 2.45. The topological polar surface area (TPSA) is 143 Å². The molecule has 0 saturated carbocycles. The summed E-state index contributed by atoms with van der Waals surface area (Å²) < 4.78 is 36.0. The molecule has 11 heteroatoms. The molecule has 10 nitrogen and oxygen atoms in total. The van der Waals surface area contributed by atoms with E-state index < -0.39 is 21.7 Å². The van der Waals surface area contributed by atoms with Gasteiger partial charge in [-0.25, -0.2) is 17.9 Å². The minimum absolute atomic E-state index is 0.0436. The number of carbonyl (C=O) groups excluding carboxylic acids is 1. The molecule has 152 valence electrons. The number of benzene rings is 2. The highest BCUT2D eigenvalue weighted by Crippen LogP contribution is 2.19. The number of methoxy groups -OCH3 is 1. The van der Waals surface area contributed by atoms with Crippen LogP contribution in [0.15, 0.2) is 62.7 Å². The van der Waals surface area contributed by atoms with Crippen LogP contribution in [0.4, 0.5) is 5.69 Å². The van der Waals surface area contributed by atoms with E-state index in [1.54, 1.807) is 24.3 Å². The number of aromatic amines is 1. The van der Waals surface area contributed by atoms with Crippen molar-refractivity contribution in [3.05, 3.63) is 64.6 Å². The minimum Gasteiger partial charge on any atom is -0.383 e. The smallest absolute Gasteiger partial charge is 0.383 e. The van der Waals surface area contributed by atoms with E-state index in [1.807, 2.05) is 0 Å². The first-order valence-corrected chi connectivity index (χ1v) is 9.94. The molecule has 0 aliphatic rings. The first-order chi connectivity index (χ1) is 13.9. The second-order valence-corrected chi connectivity index (χ2v) is 7.66. The molecule has 3 rings (SSSR count). The van der Waals surface area contributed by atoms with Crippen LogP contribution in [-0.4, -0.2) is 44.7 Å². The first-order valence-electron chi connectivity index (χ1n) is 8.45. The van der Waals surface area contributed by atoms with Crippen LogP contribution in [0.5, 0.6) is 0 Å². The van der Waals surface area contributed by atoms with Crippen molar-refractivity contribution in [2.75, 3.05) is 25.6 Å². The van der Waals surface area contributed by atoms with Gasteiger partial charge in [-0.05, 0) is 36.4 Å². The lowest BCUT2D eigenvalue weighted by Gasteiger charge is -2.08. The van der Waals surface area contributed by atoms with Gasteiger partial charge in [-0.3, -0.25) is 14.3 Å². The van der Waals surface area contributed by atoms with Gasteiger partial charge in [-0.1, -0.05) is 17.3 Å². The quantitative estimate of drug-likeness (QED) is 0.466. The zero-order valence-corrected chi connectivity index (χ0v) is 16.2. The van der Waals surface area contributed by atoms with Gasteiger partial charge < -0.3 is 10.1 Å². The fourth-order valence-corrected chi connectivity index (χ4v) is 3.46. The largest absolute Gasteiger partial charge is 0.439 e. The third-order valence-electron chi connectivity index (χ3n) is 3.86. The number of anilines is 1. The van der Waals surface area contributed by atoms with E-state index in [0.29, 0.717) is 11.3 Å². The summed E-state index contributed by atoms with van der Waals surface area (Å²) in [5.74, 6) is -0.866. The second-order valence-electron chi connectivity index (χ2n) is 5.89. The molecule has 1 aromatic heterocycles. The Balaban J connectivity index is 1.71. The monoisotopic (exact) mass is 418 g/mol. The third kappa shape index (κ3) is 5.16. The average Bonchev–Trinajstić information content (AvgIpc) is 3.15. The predicted molar refractivity (Wildman–Crippen MR) is 104 cm³/mol. The lowest BCUT2D eigenvalue weighted by molar-refractivity contribution is 0.102. The summed E-state index contributed by atoms with van der Waals surface area (Å²) in [7, 11) is -2.20. The Morgan fingerprint density at radius 3 is 2.62 bits per heavy atom. The van der Waals surface area contributed by atoms with Crippen LogP contribution in [0.1, 0.15) is 10.4 Å². The van der Waals surface area contributed by atoms with E-state index in [1.165, 1.54) is 31.4 Å². The van der Waals surface area contributed by atoms with E-state index in [2.05, 4.69) is 24.7 Å². The molecule has 0 bridgehead atoms. The summed E-state index contributed by atoms with van der Waals surface area (Å²) in [6.07, 6.45) is 0. The lowest BCUT2D eigenvalue weighted by Crippen LogP contribution is -2.27. The number of carbonyl (C=O) groups is 1. The average molecular weight is 418 g/mol. The van der Waals surface area contributed by atoms with E-state index in [0.717, 1.165) is 0 Å². The summed E-state index contributed by atoms with van der Waals surface area (Å²) in [6, 6.07) is 12.2. The molecule has 0 spiro atoms. The zero-order chi connectivity index (χ0) is 20.9. The molecular formula is C18H18N4O6S. The number of hydrogen-bond acceptors (Lipinski definition) is 7. The maximum absolute atomic E-state index is 12.5. The SMILES string of the molecule is COCCNS(=O)(=O)c1ccc(C(=O)Nc2cccc(-c3noc(=O)[nH]3)c2)cc1. The van der Waals surface area contributed by atoms with Crippen LogP contribution in [0.25, 0.3) is 11.4 Å². The minimum atomic E-state index is -3.67. The molecule has 1 heterocycles. The number of nitrogens with zero attached hydrogens (tertiary/aromatic N) is 1. The van der Waals surface area contributed by atoms with Crippen LogP contribution in [0.2, 0.25) is 0 Å². The molecule has 0 radical (unpaired) electrons. The Bertz CT molecular complexity index is 1150. The highest BCUT2D eigenvalue weighted by molar-refractivity contribution is 7.89. The molecule has 0 aliphatic heterocycles. The molecule has 0 fully saturated rings. The number of amides is 1. The van der Waals surface area contributed by atoms with E-state index in [9.17, 15) is 18.0 Å². The molecule has 0 unspecified atom stereocenters. The fraction of sp³-hybridized carbons (Fsp3) is 0.167. The number of rotatable bonds is 8. The molecule has 0 aliphatic carbocycles. The van der Waals surface area contributed by atoms with Gasteiger partial charge in [-0.15, -0.1) is 0 Å². The van der Waals surface area contributed by atoms with Crippen molar-refractivity contribution in [1.82, 2.24) is 14.9 Å². The zero-order valence-electron chi connectivity index (χ0n) is 15.3. The van der Waals surface area contributed by atoms with Crippen LogP contribution < -0.4 is 15.8 Å². The Hall–Kier alpha value is -3.28.